The van der Waals surface area contributed by atoms with Gasteiger partial charge in [-0.15, -0.1) is 0 Å². The second-order valence-corrected chi connectivity index (χ2v) is 6.49. The molecule has 2 rings (SSSR count). The number of phenols is 1. The van der Waals surface area contributed by atoms with E-state index < -0.39 is 16.1 Å². The Hall–Kier alpha value is -2.06. The van der Waals surface area contributed by atoms with Crippen molar-refractivity contribution in [1.29, 1.82) is 0 Å². The Morgan fingerprint density at radius 3 is 2.71 bits per heavy atom. The van der Waals surface area contributed by atoms with Gasteiger partial charge < -0.3 is 10.8 Å². The Labute approximate surface area is 123 Å². The first-order valence-electron chi connectivity index (χ1n) is 6.47. The topological polar surface area (TPSA) is 112 Å². The highest BCUT2D eigenvalue weighted by molar-refractivity contribution is 7.89. The second kappa shape index (κ2) is 5.74. The number of aromatic hydroxyl groups is 1. The van der Waals surface area contributed by atoms with Crippen molar-refractivity contribution >= 4 is 15.8 Å². The van der Waals surface area contributed by atoms with Gasteiger partial charge in [0.2, 0.25) is 10.0 Å². The summed E-state index contributed by atoms with van der Waals surface area (Å²) in [5.74, 6) is 0.104. The van der Waals surface area contributed by atoms with Crippen LogP contribution in [0.15, 0.2) is 35.4 Å². The molecule has 0 aliphatic rings. The standard InChI is InChI=1S/C13H18N4O3S/c1-3-17(9(2)10-5-4-6-11(18)7-10)21(19,20)12-8-15-16-13(12)14/h4-9,18H,3H2,1-2H3,(H3,14,15,16). The highest BCUT2D eigenvalue weighted by Crippen LogP contribution is 2.30. The summed E-state index contributed by atoms with van der Waals surface area (Å²) in [6.07, 6.45) is 1.20. The van der Waals surface area contributed by atoms with Gasteiger partial charge in [0.25, 0.3) is 0 Å². The lowest BCUT2D eigenvalue weighted by molar-refractivity contribution is 0.356. The van der Waals surface area contributed by atoms with Gasteiger partial charge in [0.15, 0.2) is 0 Å². The fourth-order valence-corrected chi connectivity index (χ4v) is 3.86. The van der Waals surface area contributed by atoms with Gasteiger partial charge in [0.1, 0.15) is 16.5 Å². The third kappa shape index (κ3) is 2.86. The minimum absolute atomic E-state index is 0.0107. The molecular weight excluding hydrogens is 292 g/mol. The minimum Gasteiger partial charge on any atom is -0.508 e. The summed E-state index contributed by atoms with van der Waals surface area (Å²) in [5, 5.41) is 15.6. The average molecular weight is 310 g/mol. The maximum Gasteiger partial charge on any atom is 0.248 e. The van der Waals surface area contributed by atoms with Gasteiger partial charge in [-0.25, -0.2) is 8.42 Å². The van der Waals surface area contributed by atoms with Gasteiger partial charge in [-0.1, -0.05) is 19.1 Å². The molecule has 1 unspecified atom stereocenters. The second-order valence-electron chi connectivity index (χ2n) is 4.63. The third-order valence-corrected chi connectivity index (χ3v) is 5.39. The van der Waals surface area contributed by atoms with Crippen LogP contribution < -0.4 is 5.73 Å². The van der Waals surface area contributed by atoms with Gasteiger partial charge in [-0.05, 0) is 24.6 Å². The number of nitrogens with one attached hydrogen (secondary N) is 1. The fraction of sp³-hybridized carbons (Fsp3) is 0.308. The predicted octanol–water partition coefficient (Wildman–Crippen LogP) is 1.47. The van der Waals surface area contributed by atoms with Crippen molar-refractivity contribution in [1.82, 2.24) is 14.5 Å². The van der Waals surface area contributed by atoms with Gasteiger partial charge in [-0.2, -0.15) is 9.40 Å². The van der Waals surface area contributed by atoms with Gasteiger partial charge in [-0.3, -0.25) is 5.10 Å². The van der Waals surface area contributed by atoms with Crippen LogP contribution in [-0.4, -0.2) is 34.6 Å². The number of aromatic amines is 1. The number of anilines is 1. The van der Waals surface area contributed by atoms with E-state index in [2.05, 4.69) is 10.2 Å². The van der Waals surface area contributed by atoms with Crippen LogP contribution in [0, 0.1) is 0 Å². The quantitative estimate of drug-likeness (QED) is 0.774. The van der Waals surface area contributed by atoms with Crippen LogP contribution in [0.1, 0.15) is 25.5 Å². The van der Waals surface area contributed by atoms with E-state index in [0.717, 1.165) is 0 Å². The monoisotopic (exact) mass is 310 g/mol. The lowest BCUT2D eigenvalue weighted by Crippen LogP contribution is -2.33. The Morgan fingerprint density at radius 2 is 2.19 bits per heavy atom. The maximum absolute atomic E-state index is 12.7. The number of benzene rings is 1. The number of sulfonamides is 1. The van der Waals surface area contributed by atoms with Crippen molar-refractivity contribution in [3.8, 4) is 5.75 Å². The molecule has 2 aromatic rings. The summed E-state index contributed by atoms with van der Waals surface area (Å²) in [6, 6.07) is 6.08. The van der Waals surface area contributed by atoms with Crippen LogP contribution in [-0.2, 0) is 10.0 Å². The summed E-state index contributed by atoms with van der Waals surface area (Å²) < 4.78 is 26.6. The van der Waals surface area contributed by atoms with Crippen LogP contribution >= 0.6 is 0 Å². The first-order valence-corrected chi connectivity index (χ1v) is 7.91. The van der Waals surface area contributed by atoms with Crippen molar-refractivity contribution in [3.63, 3.8) is 0 Å². The predicted molar refractivity (Wildman–Crippen MR) is 79.1 cm³/mol. The molecule has 0 spiro atoms. The molecule has 0 aliphatic carbocycles. The van der Waals surface area contributed by atoms with E-state index in [-0.39, 0.29) is 23.0 Å². The van der Waals surface area contributed by atoms with Gasteiger partial charge >= 0.3 is 0 Å². The highest BCUT2D eigenvalue weighted by Gasteiger charge is 2.31. The van der Waals surface area contributed by atoms with Crippen LogP contribution in [0.5, 0.6) is 5.75 Å². The molecule has 0 amide bonds. The molecule has 8 heteroatoms. The molecule has 0 radical (unpaired) electrons. The number of nitrogens with zero attached hydrogens (tertiary/aromatic N) is 2. The molecule has 7 nitrogen and oxygen atoms in total. The van der Waals surface area contributed by atoms with Crippen molar-refractivity contribution in [2.75, 3.05) is 12.3 Å². The molecule has 0 bridgehead atoms. The molecule has 21 heavy (non-hydrogen) atoms. The summed E-state index contributed by atoms with van der Waals surface area (Å²) in [5.41, 5.74) is 6.31. The molecule has 1 heterocycles. The minimum atomic E-state index is -3.77. The molecule has 1 aromatic heterocycles. The molecule has 0 fully saturated rings. The molecule has 0 saturated heterocycles. The zero-order valence-electron chi connectivity index (χ0n) is 11.8. The van der Waals surface area contributed by atoms with Crippen molar-refractivity contribution in [2.45, 2.75) is 24.8 Å². The van der Waals surface area contributed by atoms with E-state index in [4.69, 9.17) is 5.73 Å². The number of phenolic OH excluding ortho intramolecular Hbond substituents is 1. The number of H-pyrrole nitrogens is 1. The molecular formula is C13H18N4O3S. The Morgan fingerprint density at radius 1 is 1.48 bits per heavy atom. The summed E-state index contributed by atoms with van der Waals surface area (Å²) in [4.78, 5) is -0.0450. The highest BCUT2D eigenvalue weighted by atomic mass is 32.2. The first-order chi connectivity index (χ1) is 9.87. The molecule has 0 saturated carbocycles. The number of aromatic nitrogens is 2. The molecule has 1 aromatic carbocycles. The number of nitrogen functional groups attached to an aromatic ring is 1. The SMILES string of the molecule is CCN(C(C)c1cccc(O)c1)S(=O)(=O)c1cn[nH]c1N. The number of hydrogen-bond acceptors (Lipinski definition) is 5. The molecule has 0 aliphatic heterocycles. The summed E-state index contributed by atoms with van der Waals surface area (Å²) >= 11 is 0. The molecule has 1 atom stereocenters. The van der Waals surface area contributed by atoms with Crippen LogP contribution in [0.4, 0.5) is 5.82 Å². The van der Waals surface area contributed by atoms with Crippen LogP contribution in [0.2, 0.25) is 0 Å². The van der Waals surface area contributed by atoms with Gasteiger partial charge in [0, 0.05) is 12.6 Å². The van der Waals surface area contributed by atoms with E-state index in [1.54, 1.807) is 32.0 Å². The van der Waals surface area contributed by atoms with E-state index in [9.17, 15) is 13.5 Å². The normalized spacial score (nSPS) is 13.5. The van der Waals surface area contributed by atoms with E-state index in [1.807, 2.05) is 0 Å². The molecule has 4 N–H and O–H groups in total. The first kappa shape index (κ1) is 15.3. The Bertz CT molecular complexity index is 727. The van der Waals surface area contributed by atoms with Crippen molar-refractivity contribution in [3.05, 3.63) is 36.0 Å². The maximum atomic E-state index is 12.7. The number of nitrogens with two attached hydrogens (primary N) is 1. The Kier molecular flexibility index (Phi) is 4.19. The number of rotatable bonds is 5. The number of hydrogen-bond donors (Lipinski definition) is 3. The zero-order valence-corrected chi connectivity index (χ0v) is 12.6. The van der Waals surface area contributed by atoms with E-state index in [0.29, 0.717) is 5.56 Å². The fourth-order valence-electron chi connectivity index (χ4n) is 2.22. The molecule has 114 valence electrons. The smallest absolute Gasteiger partial charge is 0.248 e. The van der Waals surface area contributed by atoms with Crippen LogP contribution in [0.3, 0.4) is 0 Å². The van der Waals surface area contributed by atoms with E-state index in [1.165, 1.54) is 16.6 Å². The van der Waals surface area contributed by atoms with E-state index >= 15 is 0 Å². The lowest BCUT2D eigenvalue weighted by atomic mass is 10.1. The zero-order chi connectivity index (χ0) is 15.6. The lowest BCUT2D eigenvalue weighted by Gasteiger charge is -2.27. The van der Waals surface area contributed by atoms with Crippen molar-refractivity contribution < 1.29 is 13.5 Å². The van der Waals surface area contributed by atoms with Crippen molar-refractivity contribution in [2.24, 2.45) is 0 Å². The largest absolute Gasteiger partial charge is 0.508 e. The summed E-state index contributed by atoms with van der Waals surface area (Å²) in [6.45, 7) is 3.77. The van der Waals surface area contributed by atoms with Crippen LogP contribution in [0.25, 0.3) is 0 Å². The third-order valence-electron chi connectivity index (χ3n) is 3.32. The van der Waals surface area contributed by atoms with Gasteiger partial charge in [0.05, 0.1) is 6.20 Å². The Balaban J connectivity index is 2.42. The summed E-state index contributed by atoms with van der Waals surface area (Å²) in [7, 11) is -3.77. The average Bonchev–Trinajstić information content (AvgIpc) is 2.86.